The summed E-state index contributed by atoms with van der Waals surface area (Å²) in [4.78, 5) is 14.2. The van der Waals surface area contributed by atoms with E-state index >= 15 is 0 Å². The molecule has 2 N–H and O–H groups in total. The number of likely N-dealkylation sites (N-methyl/N-ethyl adjacent to an activating group) is 2. The molecule has 1 aliphatic rings. The van der Waals surface area contributed by atoms with E-state index < -0.39 is 5.54 Å². The van der Waals surface area contributed by atoms with E-state index in [4.69, 9.17) is 0 Å². The van der Waals surface area contributed by atoms with Crippen LogP contribution < -0.4 is 10.6 Å². The number of hydrogen-bond donors (Lipinski definition) is 2. The minimum atomic E-state index is -0.466. The van der Waals surface area contributed by atoms with Crippen LogP contribution in [-0.4, -0.2) is 49.1 Å². The maximum Gasteiger partial charge on any atom is 0.239 e. The van der Waals surface area contributed by atoms with Crippen LogP contribution in [0, 0.1) is 0 Å². The molecule has 0 aliphatic carbocycles. The average Bonchev–Trinajstić information content (AvgIpc) is 2.60. The van der Waals surface area contributed by atoms with Gasteiger partial charge in [-0.2, -0.15) is 0 Å². The predicted molar refractivity (Wildman–Crippen MR) is 66.4 cm³/mol. The Labute approximate surface area is 98.8 Å². The maximum absolute atomic E-state index is 11.9. The van der Waals surface area contributed by atoms with Gasteiger partial charge in [0.15, 0.2) is 0 Å². The molecule has 0 spiro atoms. The van der Waals surface area contributed by atoms with Crippen molar-refractivity contribution in [3.63, 3.8) is 0 Å². The Morgan fingerprint density at radius 3 is 2.69 bits per heavy atom. The highest BCUT2D eigenvalue weighted by molar-refractivity contribution is 5.85. The molecule has 1 unspecified atom stereocenters. The summed E-state index contributed by atoms with van der Waals surface area (Å²) in [5.41, 5.74) is -0.466. The molecule has 0 aromatic rings. The van der Waals surface area contributed by atoms with Crippen LogP contribution in [0.2, 0.25) is 0 Å². The van der Waals surface area contributed by atoms with Crippen molar-refractivity contribution in [2.45, 2.75) is 45.2 Å². The quantitative estimate of drug-likeness (QED) is 0.722. The van der Waals surface area contributed by atoms with Crippen LogP contribution in [0.25, 0.3) is 0 Å². The van der Waals surface area contributed by atoms with E-state index in [1.165, 1.54) is 12.8 Å². The number of carbonyl (C=O) groups is 1. The topological polar surface area (TPSA) is 44.4 Å². The summed E-state index contributed by atoms with van der Waals surface area (Å²) in [6, 6.07) is 0.515. The first-order valence-electron chi connectivity index (χ1n) is 6.21. The summed E-state index contributed by atoms with van der Waals surface area (Å²) in [5.74, 6) is 0.0923. The molecule has 4 nitrogen and oxygen atoms in total. The second-order valence-corrected chi connectivity index (χ2v) is 5.14. The van der Waals surface area contributed by atoms with Gasteiger partial charge in [0.2, 0.25) is 5.91 Å². The Balaban J connectivity index is 2.34. The molecule has 1 saturated heterocycles. The highest BCUT2D eigenvalue weighted by atomic mass is 16.2. The number of nitrogens with one attached hydrogen (secondary N) is 2. The van der Waals surface area contributed by atoms with Crippen molar-refractivity contribution >= 4 is 5.91 Å². The first-order valence-corrected chi connectivity index (χ1v) is 6.21. The summed E-state index contributed by atoms with van der Waals surface area (Å²) in [5, 5.41) is 6.22. The summed E-state index contributed by atoms with van der Waals surface area (Å²) in [6.07, 6.45) is 2.44. The Morgan fingerprint density at radius 2 is 2.19 bits per heavy atom. The van der Waals surface area contributed by atoms with Gasteiger partial charge >= 0.3 is 0 Å². The smallest absolute Gasteiger partial charge is 0.239 e. The minimum Gasteiger partial charge on any atom is -0.353 e. The van der Waals surface area contributed by atoms with E-state index in [9.17, 15) is 4.79 Å². The summed E-state index contributed by atoms with van der Waals surface area (Å²) >= 11 is 0. The Morgan fingerprint density at radius 1 is 1.50 bits per heavy atom. The molecule has 1 heterocycles. The lowest BCUT2D eigenvalue weighted by Gasteiger charge is -2.26. The van der Waals surface area contributed by atoms with Gasteiger partial charge in [-0.05, 0) is 46.8 Å². The molecule has 0 aromatic heterocycles. The molecule has 0 saturated carbocycles. The van der Waals surface area contributed by atoms with Gasteiger partial charge in [-0.15, -0.1) is 0 Å². The van der Waals surface area contributed by atoms with Crippen molar-refractivity contribution < 1.29 is 4.79 Å². The van der Waals surface area contributed by atoms with Crippen LogP contribution in [0.3, 0.4) is 0 Å². The average molecular weight is 227 g/mol. The van der Waals surface area contributed by atoms with Gasteiger partial charge in [-0.3, -0.25) is 4.79 Å². The van der Waals surface area contributed by atoms with Crippen LogP contribution in [-0.2, 0) is 4.79 Å². The van der Waals surface area contributed by atoms with Crippen LogP contribution in [0.15, 0.2) is 0 Å². The third-order valence-corrected chi connectivity index (χ3v) is 3.36. The Hall–Kier alpha value is -0.610. The monoisotopic (exact) mass is 227 g/mol. The molecular formula is C12H25N3O. The van der Waals surface area contributed by atoms with Gasteiger partial charge in [0.05, 0.1) is 5.54 Å². The third-order valence-electron chi connectivity index (χ3n) is 3.36. The zero-order valence-corrected chi connectivity index (χ0v) is 11.0. The van der Waals surface area contributed by atoms with Crippen molar-refractivity contribution in [3.05, 3.63) is 0 Å². The number of likely N-dealkylation sites (tertiary alicyclic amines) is 1. The molecule has 0 aromatic carbocycles. The fourth-order valence-electron chi connectivity index (χ4n) is 2.19. The van der Waals surface area contributed by atoms with E-state index in [1.54, 1.807) is 0 Å². The number of carbonyl (C=O) groups excluding carboxylic acids is 1. The SMILES string of the molecule is CCNC(C)(C)C(=O)NCC1CCCN1C. The van der Waals surface area contributed by atoms with Gasteiger partial charge in [0.1, 0.15) is 0 Å². The molecule has 1 fully saturated rings. The number of nitrogens with zero attached hydrogens (tertiary/aromatic N) is 1. The fourth-order valence-corrected chi connectivity index (χ4v) is 2.19. The van der Waals surface area contributed by atoms with Gasteiger partial charge in [0.25, 0.3) is 0 Å². The van der Waals surface area contributed by atoms with Gasteiger partial charge in [0, 0.05) is 12.6 Å². The zero-order chi connectivity index (χ0) is 12.2. The molecule has 0 bridgehead atoms. The molecule has 1 aliphatic heterocycles. The second kappa shape index (κ2) is 5.64. The van der Waals surface area contributed by atoms with Crippen molar-refractivity contribution in [1.82, 2.24) is 15.5 Å². The summed E-state index contributed by atoms with van der Waals surface area (Å²) < 4.78 is 0. The Kier molecular flexibility index (Phi) is 4.74. The first-order chi connectivity index (χ1) is 7.47. The molecule has 1 atom stereocenters. The maximum atomic E-state index is 11.9. The van der Waals surface area contributed by atoms with Crippen LogP contribution >= 0.6 is 0 Å². The summed E-state index contributed by atoms with van der Waals surface area (Å²) in [6.45, 7) is 8.58. The highest BCUT2D eigenvalue weighted by Gasteiger charge is 2.28. The molecule has 16 heavy (non-hydrogen) atoms. The van der Waals surface area contributed by atoms with Crippen molar-refractivity contribution in [1.29, 1.82) is 0 Å². The van der Waals surface area contributed by atoms with Crippen LogP contribution in [0.1, 0.15) is 33.6 Å². The van der Waals surface area contributed by atoms with Crippen molar-refractivity contribution in [2.75, 3.05) is 26.7 Å². The van der Waals surface area contributed by atoms with E-state index in [0.717, 1.165) is 19.6 Å². The van der Waals surface area contributed by atoms with Crippen LogP contribution in [0.4, 0.5) is 0 Å². The lowest BCUT2D eigenvalue weighted by atomic mass is 10.0. The third kappa shape index (κ3) is 3.46. The fraction of sp³-hybridized carbons (Fsp3) is 0.917. The molecule has 94 valence electrons. The predicted octanol–water partition coefficient (Wildman–Crippen LogP) is 0.585. The van der Waals surface area contributed by atoms with Gasteiger partial charge in [-0.1, -0.05) is 6.92 Å². The largest absolute Gasteiger partial charge is 0.353 e. The normalized spacial score (nSPS) is 22.4. The lowest BCUT2D eigenvalue weighted by molar-refractivity contribution is -0.126. The van der Waals surface area contributed by atoms with Gasteiger partial charge < -0.3 is 15.5 Å². The number of rotatable bonds is 5. The van der Waals surface area contributed by atoms with Crippen molar-refractivity contribution in [3.8, 4) is 0 Å². The standard InChI is InChI=1S/C12H25N3O/c1-5-14-12(2,3)11(16)13-9-10-7-6-8-15(10)4/h10,14H,5-9H2,1-4H3,(H,13,16). The highest BCUT2D eigenvalue weighted by Crippen LogP contribution is 2.13. The zero-order valence-electron chi connectivity index (χ0n) is 11.0. The summed E-state index contributed by atoms with van der Waals surface area (Å²) in [7, 11) is 2.12. The number of amides is 1. The number of hydrogen-bond acceptors (Lipinski definition) is 3. The molecule has 4 heteroatoms. The second-order valence-electron chi connectivity index (χ2n) is 5.14. The lowest BCUT2D eigenvalue weighted by Crippen LogP contribution is -2.54. The first kappa shape index (κ1) is 13.5. The van der Waals surface area contributed by atoms with E-state index in [1.807, 2.05) is 20.8 Å². The molecule has 0 radical (unpaired) electrons. The van der Waals surface area contributed by atoms with E-state index in [2.05, 4.69) is 22.6 Å². The van der Waals surface area contributed by atoms with Crippen LogP contribution in [0.5, 0.6) is 0 Å². The minimum absolute atomic E-state index is 0.0923. The van der Waals surface area contributed by atoms with Gasteiger partial charge in [-0.25, -0.2) is 0 Å². The Bertz CT molecular complexity index is 240. The molecule has 1 amide bonds. The molecule has 1 rings (SSSR count). The van der Waals surface area contributed by atoms with E-state index in [0.29, 0.717) is 6.04 Å². The molecular weight excluding hydrogens is 202 g/mol. The van der Waals surface area contributed by atoms with Crippen molar-refractivity contribution in [2.24, 2.45) is 0 Å². The van der Waals surface area contributed by atoms with E-state index in [-0.39, 0.29) is 5.91 Å².